The van der Waals surface area contributed by atoms with Crippen molar-refractivity contribution >= 4 is 28.6 Å². The van der Waals surface area contributed by atoms with Crippen molar-refractivity contribution in [3.63, 3.8) is 0 Å². The fraction of sp³-hybridized carbons (Fsp3) is 0.154. The molecule has 4 rings (SSSR count). The summed E-state index contributed by atoms with van der Waals surface area (Å²) in [7, 11) is 0. The summed E-state index contributed by atoms with van der Waals surface area (Å²) >= 11 is 0. The van der Waals surface area contributed by atoms with Gasteiger partial charge in [0.1, 0.15) is 17.2 Å². The van der Waals surface area contributed by atoms with Crippen LogP contribution in [0.3, 0.4) is 0 Å². The molecule has 0 saturated carbocycles. The first-order valence-electron chi connectivity index (χ1n) is 10.8. The fourth-order valence-corrected chi connectivity index (χ4v) is 3.46. The van der Waals surface area contributed by atoms with E-state index < -0.39 is 18.5 Å². The standard InChI is InChI=1S/C26H23N3O5/c1-3-29-23-14-9-18(15-22(23)27-17(2)25(29)31)26(32)33-16-24(30)28-19-10-12-21(13-11-19)34-20-7-5-4-6-8-20/h4-15H,3,16H2,1-2H3,(H,28,30). The van der Waals surface area contributed by atoms with Gasteiger partial charge in [-0.25, -0.2) is 9.78 Å². The molecule has 0 unspecified atom stereocenters. The zero-order valence-corrected chi connectivity index (χ0v) is 18.8. The first kappa shape index (κ1) is 22.7. The van der Waals surface area contributed by atoms with Gasteiger partial charge in [0.15, 0.2) is 6.61 Å². The number of anilines is 1. The molecule has 0 aliphatic carbocycles. The predicted octanol–water partition coefficient (Wildman–Crippen LogP) is 4.31. The van der Waals surface area contributed by atoms with Crippen molar-refractivity contribution in [2.24, 2.45) is 0 Å². The minimum absolute atomic E-state index is 0.165. The number of para-hydroxylation sites is 1. The van der Waals surface area contributed by atoms with E-state index in [1.54, 1.807) is 54.0 Å². The molecular formula is C26H23N3O5. The van der Waals surface area contributed by atoms with E-state index in [1.165, 1.54) is 0 Å². The second-order valence-electron chi connectivity index (χ2n) is 7.51. The maximum Gasteiger partial charge on any atom is 0.338 e. The Bertz CT molecular complexity index is 1400. The Morgan fingerprint density at radius 1 is 0.971 bits per heavy atom. The van der Waals surface area contributed by atoms with Crippen molar-refractivity contribution in [3.05, 3.63) is 94.4 Å². The largest absolute Gasteiger partial charge is 0.457 e. The van der Waals surface area contributed by atoms with Crippen LogP contribution in [0.2, 0.25) is 0 Å². The lowest BCUT2D eigenvalue weighted by atomic mass is 10.2. The van der Waals surface area contributed by atoms with Gasteiger partial charge < -0.3 is 19.4 Å². The maximum atomic E-state index is 12.5. The van der Waals surface area contributed by atoms with Gasteiger partial charge >= 0.3 is 5.97 Å². The van der Waals surface area contributed by atoms with E-state index in [0.29, 0.717) is 40.5 Å². The number of fused-ring (bicyclic) bond motifs is 1. The molecule has 0 spiro atoms. The van der Waals surface area contributed by atoms with Crippen LogP contribution in [0, 0.1) is 6.92 Å². The summed E-state index contributed by atoms with van der Waals surface area (Å²) in [6, 6.07) is 21.0. The first-order chi connectivity index (χ1) is 16.4. The highest BCUT2D eigenvalue weighted by Gasteiger charge is 2.14. The number of ether oxygens (including phenoxy) is 2. The molecule has 8 nitrogen and oxygen atoms in total. The smallest absolute Gasteiger partial charge is 0.338 e. The summed E-state index contributed by atoms with van der Waals surface area (Å²) in [5, 5.41) is 2.68. The Hall–Kier alpha value is -4.46. The zero-order valence-electron chi connectivity index (χ0n) is 18.8. The topological polar surface area (TPSA) is 99.5 Å². The van der Waals surface area contributed by atoms with Crippen LogP contribution in [0.25, 0.3) is 11.0 Å². The fourth-order valence-electron chi connectivity index (χ4n) is 3.46. The monoisotopic (exact) mass is 457 g/mol. The van der Waals surface area contributed by atoms with Gasteiger partial charge in [-0.1, -0.05) is 18.2 Å². The van der Waals surface area contributed by atoms with Crippen LogP contribution in [-0.2, 0) is 16.1 Å². The van der Waals surface area contributed by atoms with Gasteiger partial charge in [-0.05, 0) is 68.4 Å². The molecule has 3 aromatic carbocycles. The number of carbonyl (C=O) groups is 2. The molecule has 1 amide bonds. The Labute approximate surface area is 195 Å². The summed E-state index contributed by atoms with van der Waals surface area (Å²) in [5.74, 6) is 0.213. The minimum atomic E-state index is -0.655. The third-order valence-corrected chi connectivity index (χ3v) is 5.11. The van der Waals surface area contributed by atoms with Crippen LogP contribution in [0.15, 0.2) is 77.6 Å². The molecule has 8 heteroatoms. The lowest BCUT2D eigenvalue weighted by Crippen LogP contribution is -2.23. The number of aryl methyl sites for hydroxylation is 2. The van der Waals surface area contributed by atoms with E-state index in [1.807, 2.05) is 37.3 Å². The van der Waals surface area contributed by atoms with E-state index in [2.05, 4.69) is 10.3 Å². The molecule has 0 saturated heterocycles. The minimum Gasteiger partial charge on any atom is -0.457 e. The van der Waals surface area contributed by atoms with Crippen LogP contribution < -0.4 is 15.6 Å². The van der Waals surface area contributed by atoms with E-state index in [-0.39, 0.29) is 11.1 Å². The van der Waals surface area contributed by atoms with Crippen molar-refractivity contribution in [2.45, 2.75) is 20.4 Å². The number of benzene rings is 3. The van der Waals surface area contributed by atoms with Crippen molar-refractivity contribution in [3.8, 4) is 11.5 Å². The van der Waals surface area contributed by atoms with Gasteiger partial charge in [0.25, 0.3) is 11.5 Å². The van der Waals surface area contributed by atoms with Gasteiger partial charge in [-0.2, -0.15) is 0 Å². The number of amides is 1. The molecule has 1 heterocycles. The highest BCUT2D eigenvalue weighted by atomic mass is 16.5. The molecular weight excluding hydrogens is 434 g/mol. The van der Waals surface area contributed by atoms with Crippen LogP contribution in [0.1, 0.15) is 23.0 Å². The Balaban J connectivity index is 1.35. The average Bonchev–Trinajstić information content (AvgIpc) is 2.85. The second kappa shape index (κ2) is 9.99. The Morgan fingerprint density at radius 3 is 2.38 bits per heavy atom. The third kappa shape index (κ3) is 5.12. The molecule has 0 radical (unpaired) electrons. The second-order valence-corrected chi connectivity index (χ2v) is 7.51. The maximum absolute atomic E-state index is 12.5. The van der Waals surface area contributed by atoms with Crippen molar-refractivity contribution < 1.29 is 19.1 Å². The summed E-state index contributed by atoms with van der Waals surface area (Å²) in [6.07, 6.45) is 0. The summed E-state index contributed by atoms with van der Waals surface area (Å²) in [4.78, 5) is 41.2. The number of rotatable bonds is 7. The lowest BCUT2D eigenvalue weighted by Gasteiger charge is -2.10. The van der Waals surface area contributed by atoms with E-state index in [4.69, 9.17) is 9.47 Å². The first-order valence-corrected chi connectivity index (χ1v) is 10.8. The number of aromatic nitrogens is 2. The average molecular weight is 457 g/mol. The molecule has 0 bridgehead atoms. The zero-order chi connectivity index (χ0) is 24.1. The molecule has 4 aromatic rings. The molecule has 0 aliphatic heterocycles. The SMILES string of the molecule is CCn1c(=O)c(C)nc2cc(C(=O)OCC(=O)Nc3ccc(Oc4ccccc4)cc3)ccc21. The van der Waals surface area contributed by atoms with Gasteiger partial charge in [0, 0.05) is 12.2 Å². The number of nitrogens with one attached hydrogen (secondary N) is 1. The normalized spacial score (nSPS) is 10.6. The van der Waals surface area contributed by atoms with Crippen LogP contribution in [-0.4, -0.2) is 28.0 Å². The Morgan fingerprint density at radius 2 is 1.68 bits per heavy atom. The number of hydrogen-bond donors (Lipinski definition) is 1. The summed E-state index contributed by atoms with van der Waals surface area (Å²) in [6.45, 7) is 3.54. The number of hydrogen-bond acceptors (Lipinski definition) is 6. The number of esters is 1. The van der Waals surface area contributed by atoms with Crippen molar-refractivity contribution in [2.75, 3.05) is 11.9 Å². The van der Waals surface area contributed by atoms with Gasteiger partial charge in [0.2, 0.25) is 0 Å². The highest BCUT2D eigenvalue weighted by Crippen LogP contribution is 2.22. The van der Waals surface area contributed by atoms with Gasteiger partial charge in [-0.3, -0.25) is 9.59 Å². The molecule has 172 valence electrons. The number of carbonyl (C=O) groups excluding carboxylic acids is 2. The summed E-state index contributed by atoms with van der Waals surface area (Å²) in [5.41, 5.74) is 2.11. The predicted molar refractivity (Wildman–Crippen MR) is 128 cm³/mol. The highest BCUT2D eigenvalue weighted by molar-refractivity contribution is 5.97. The van der Waals surface area contributed by atoms with E-state index in [0.717, 1.165) is 0 Å². The van der Waals surface area contributed by atoms with Crippen LogP contribution >= 0.6 is 0 Å². The third-order valence-electron chi connectivity index (χ3n) is 5.11. The molecule has 1 aromatic heterocycles. The quantitative estimate of drug-likeness (QED) is 0.415. The number of nitrogens with zero attached hydrogens (tertiary/aromatic N) is 2. The van der Waals surface area contributed by atoms with Crippen LogP contribution in [0.5, 0.6) is 11.5 Å². The van der Waals surface area contributed by atoms with E-state index in [9.17, 15) is 14.4 Å². The lowest BCUT2D eigenvalue weighted by molar-refractivity contribution is -0.119. The molecule has 0 aliphatic rings. The Kier molecular flexibility index (Phi) is 6.68. The molecule has 1 N–H and O–H groups in total. The molecule has 0 atom stereocenters. The van der Waals surface area contributed by atoms with Crippen LogP contribution in [0.4, 0.5) is 5.69 Å². The molecule has 0 fully saturated rings. The van der Waals surface area contributed by atoms with Gasteiger partial charge in [0.05, 0.1) is 16.6 Å². The van der Waals surface area contributed by atoms with Crippen molar-refractivity contribution in [1.29, 1.82) is 0 Å². The van der Waals surface area contributed by atoms with E-state index >= 15 is 0 Å². The van der Waals surface area contributed by atoms with Gasteiger partial charge in [-0.15, -0.1) is 0 Å². The summed E-state index contributed by atoms with van der Waals surface area (Å²) < 4.78 is 12.5. The van der Waals surface area contributed by atoms with Crippen molar-refractivity contribution in [1.82, 2.24) is 9.55 Å². The molecule has 34 heavy (non-hydrogen) atoms.